The van der Waals surface area contributed by atoms with Gasteiger partial charge in [0.15, 0.2) is 0 Å². The summed E-state index contributed by atoms with van der Waals surface area (Å²) in [6.07, 6.45) is 12.2. The third-order valence-electron chi connectivity index (χ3n) is 6.89. The van der Waals surface area contributed by atoms with Crippen molar-refractivity contribution in [3.63, 3.8) is 0 Å². The predicted octanol–water partition coefficient (Wildman–Crippen LogP) is 6.53. The SMILES string of the molecule is C=C(CC(C)C)Nc1cncc(-c2ccc3[nH]nc(-c4cc5c(N6CCCCC6)cncc5[nH]4)c3n2)c1. The second kappa shape index (κ2) is 9.69. The predicted molar refractivity (Wildman–Crippen MR) is 150 cm³/mol. The van der Waals surface area contributed by atoms with Gasteiger partial charge in [-0.25, -0.2) is 4.98 Å². The third-order valence-corrected chi connectivity index (χ3v) is 6.89. The third kappa shape index (κ3) is 4.67. The zero-order chi connectivity index (χ0) is 25.4. The smallest absolute Gasteiger partial charge is 0.135 e. The average Bonchev–Trinajstić information content (AvgIpc) is 3.52. The fourth-order valence-electron chi connectivity index (χ4n) is 5.19. The Morgan fingerprint density at radius 1 is 1.03 bits per heavy atom. The molecule has 188 valence electrons. The number of aromatic nitrogens is 6. The van der Waals surface area contributed by atoms with Gasteiger partial charge in [-0.15, -0.1) is 0 Å². The summed E-state index contributed by atoms with van der Waals surface area (Å²) in [5, 5.41) is 12.3. The summed E-state index contributed by atoms with van der Waals surface area (Å²) in [5.41, 5.74) is 9.28. The van der Waals surface area contributed by atoms with Crippen LogP contribution in [-0.2, 0) is 0 Å². The highest BCUT2D eigenvalue weighted by Crippen LogP contribution is 2.34. The van der Waals surface area contributed by atoms with Crippen LogP contribution in [0.4, 0.5) is 11.4 Å². The van der Waals surface area contributed by atoms with Gasteiger partial charge in [-0.1, -0.05) is 20.4 Å². The molecule has 8 heteroatoms. The van der Waals surface area contributed by atoms with Crippen molar-refractivity contribution in [3.8, 4) is 22.6 Å². The first-order chi connectivity index (χ1) is 18.0. The number of nitrogens with zero attached hydrogens (tertiary/aromatic N) is 5. The number of H-pyrrole nitrogens is 2. The van der Waals surface area contributed by atoms with Gasteiger partial charge in [-0.05, 0) is 55.9 Å². The second-order valence-corrected chi connectivity index (χ2v) is 10.3. The van der Waals surface area contributed by atoms with Crippen LogP contribution in [0.15, 0.2) is 61.3 Å². The Balaban J connectivity index is 1.35. The molecular weight excluding hydrogens is 460 g/mol. The van der Waals surface area contributed by atoms with Crippen LogP contribution in [0.3, 0.4) is 0 Å². The van der Waals surface area contributed by atoms with E-state index in [9.17, 15) is 0 Å². The van der Waals surface area contributed by atoms with Crippen molar-refractivity contribution in [1.29, 1.82) is 0 Å². The van der Waals surface area contributed by atoms with Crippen LogP contribution in [-0.4, -0.2) is 43.2 Å². The molecule has 0 bridgehead atoms. The summed E-state index contributed by atoms with van der Waals surface area (Å²) in [6.45, 7) is 10.7. The molecule has 0 aliphatic carbocycles. The molecule has 37 heavy (non-hydrogen) atoms. The number of aromatic amines is 2. The van der Waals surface area contributed by atoms with E-state index in [1.54, 1.807) is 0 Å². The largest absolute Gasteiger partial charge is 0.370 e. The fraction of sp³-hybridized carbons (Fsp3) is 0.310. The van der Waals surface area contributed by atoms with Gasteiger partial charge in [-0.3, -0.25) is 15.1 Å². The van der Waals surface area contributed by atoms with Crippen molar-refractivity contribution in [3.05, 3.63) is 61.3 Å². The van der Waals surface area contributed by atoms with Gasteiger partial charge < -0.3 is 15.2 Å². The first kappa shape index (κ1) is 23.2. The Bertz CT molecular complexity index is 1570. The number of hydrogen-bond acceptors (Lipinski definition) is 6. The fourth-order valence-corrected chi connectivity index (χ4v) is 5.19. The van der Waals surface area contributed by atoms with Crippen LogP contribution in [0.5, 0.6) is 0 Å². The lowest BCUT2D eigenvalue weighted by molar-refractivity contribution is 0.578. The Morgan fingerprint density at radius 2 is 1.86 bits per heavy atom. The molecule has 5 aromatic heterocycles. The van der Waals surface area contributed by atoms with E-state index in [-0.39, 0.29) is 0 Å². The molecule has 0 unspecified atom stereocenters. The molecule has 6 rings (SSSR count). The van der Waals surface area contributed by atoms with Gasteiger partial charge in [0.25, 0.3) is 0 Å². The van der Waals surface area contributed by atoms with Gasteiger partial charge in [0.05, 0.1) is 52.4 Å². The molecule has 1 aliphatic rings. The number of fused-ring (bicyclic) bond motifs is 2. The lowest BCUT2D eigenvalue weighted by Gasteiger charge is -2.28. The molecule has 1 aliphatic heterocycles. The van der Waals surface area contributed by atoms with E-state index in [1.165, 1.54) is 30.3 Å². The van der Waals surface area contributed by atoms with Crippen molar-refractivity contribution >= 4 is 33.3 Å². The standard InChI is InChI=1S/C29H32N8/c1-18(2)11-19(3)32-21-12-20(14-30-15-21)23-7-8-24-28(34-23)29(36-35-24)25-13-22-26(33-25)16-31-17-27(22)37-9-5-4-6-10-37/h7-8,12-18,32-33H,3-6,9-11H2,1-2H3,(H,35,36). The highest BCUT2D eigenvalue weighted by Gasteiger charge is 2.18. The van der Waals surface area contributed by atoms with Crippen molar-refractivity contribution in [2.45, 2.75) is 39.5 Å². The van der Waals surface area contributed by atoms with Crippen LogP contribution >= 0.6 is 0 Å². The van der Waals surface area contributed by atoms with E-state index in [1.807, 2.05) is 36.9 Å². The summed E-state index contributed by atoms with van der Waals surface area (Å²) < 4.78 is 0. The number of pyridine rings is 3. The highest BCUT2D eigenvalue weighted by atomic mass is 15.1. The minimum absolute atomic E-state index is 0.538. The van der Waals surface area contributed by atoms with Crippen molar-refractivity contribution in [2.24, 2.45) is 5.92 Å². The number of piperidine rings is 1. The van der Waals surface area contributed by atoms with Gasteiger partial charge in [0, 0.05) is 35.9 Å². The zero-order valence-corrected chi connectivity index (χ0v) is 21.4. The van der Waals surface area contributed by atoms with Crippen molar-refractivity contribution < 1.29 is 0 Å². The Hall–Kier alpha value is -4.20. The number of nitrogens with one attached hydrogen (secondary N) is 3. The first-order valence-electron chi connectivity index (χ1n) is 13.0. The Kier molecular flexibility index (Phi) is 6.08. The monoisotopic (exact) mass is 492 g/mol. The maximum Gasteiger partial charge on any atom is 0.135 e. The molecule has 5 aromatic rings. The van der Waals surface area contributed by atoms with Gasteiger partial charge >= 0.3 is 0 Å². The maximum absolute atomic E-state index is 5.00. The van der Waals surface area contributed by atoms with Crippen molar-refractivity contribution in [1.82, 2.24) is 30.1 Å². The van der Waals surface area contributed by atoms with E-state index in [4.69, 9.17) is 4.98 Å². The number of rotatable bonds is 7. The molecule has 6 heterocycles. The van der Waals surface area contributed by atoms with Crippen molar-refractivity contribution in [2.75, 3.05) is 23.3 Å². The molecular formula is C29H32N8. The summed E-state index contributed by atoms with van der Waals surface area (Å²) in [4.78, 5) is 19.9. The van der Waals surface area contributed by atoms with Crippen LogP contribution < -0.4 is 10.2 Å². The summed E-state index contributed by atoms with van der Waals surface area (Å²) in [6, 6.07) is 8.26. The van der Waals surface area contributed by atoms with Crippen LogP contribution in [0, 0.1) is 5.92 Å². The summed E-state index contributed by atoms with van der Waals surface area (Å²) in [5.74, 6) is 0.538. The first-order valence-corrected chi connectivity index (χ1v) is 13.0. The minimum atomic E-state index is 0.538. The average molecular weight is 493 g/mol. The van der Waals surface area contributed by atoms with E-state index in [0.29, 0.717) is 5.92 Å². The Morgan fingerprint density at radius 3 is 2.70 bits per heavy atom. The zero-order valence-electron chi connectivity index (χ0n) is 21.4. The molecule has 0 spiro atoms. The van der Waals surface area contributed by atoms with Gasteiger partial charge in [-0.2, -0.15) is 5.10 Å². The van der Waals surface area contributed by atoms with E-state index in [0.717, 1.165) is 70.1 Å². The van der Waals surface area contributed by atoms with Gasteiger partial charge in [0.2, 0.25) is 0 Å². The number of allylic oxidation sites excluding steroid dienone is 1. The lowest BCUT2D eigenvalue weighted by Crippen LogP contribution is -2.29. The molecule has 0 amide bonds. The molecule has 0 aromatic carbocycles. The van der Waals surface area contributed by atoms with Gasteiger partial charge in [0.1, 0.15) is 11.2 Å². The minimum Gasteiger partial charge on any atom is -0.370 e. The number of anilines is 2. The molecule has 1 fully saturated rings. The molecule has 1 saturated heterocycles. The highest BCUT2D eigenvalue weighted by molar-refractivity contribution is 5.98. The molecule has 0 atom stereocenters. The molecule has 8 nitrogen and oxygen atoms in total. The molecule has 3 N–H and O–H groups in total. The van der Waals surface area contributed by atoms with Crippen LogP contribution in [0.25, 0.3) is 44.6 Å². The number of hydrogen-bond donors (Lipinski definition) is 3. The van der Waals surface area contributed by atoms with E-state index >= 15 is 0 Å². The molecule has 0 saturated carbocycles. The normalized spacial score (nSPS) is 14.1. The summed E-state index contributed by atoms with van der Waals surface area (Å²) >= 11 is 0. The Labute approximate surface area is 216 Å². The van der Waals surface area contributed by atoms with E-state index in [2.05, 4.69) is 67.9 Å². The molecule has 0 radical (unpaired) electrons. The second-order valence-electron chi connectivity index (χ2n) is 10.3. The maximum atomic E-state index is 5.00. The summed E-state index contributed by atoms with van der Waals surface area (Å²) in [7, 11) is 0. The van der Waals surface area contributed by atoms with Crippen LogP contribution in [0.2, 0.25) is 0 Å². The van der Waals surface area contributed by atoms with Crippen LogP contribution in [0.1, 0.15) is 39.5 Å². The van der Waals surface area contributed by atoms with E-state index < -0.39 is 0 Å². The topological polar surface area (TPSA) is 98.4 Å². The lowest BCUT2D eigenvalue weighted by atomic mass is 10.1. The quantitative estimate of drug-likeness (QED) is 0.239.